The monoisotopic (exact) mass is 270 g/mol. The van der Waals surface area contributed by atoms with Gasteiger partial charge in [0.05, 0.1) is 0 Å². The molecule has 0 saturated carbocycles. The zero-order valence-electron chi connectivity index (χ0n) is 12.7. The first-order valence-corrected chi connectivity index (χ1v) is 7.66. The van der Waals surface area contributed by atoms with Crippen molar-refractivity contribution in [3.05, 3.63) is 0 Å². The second-order valence-corrected chi connectivity index (χ2v) is 6.36. The van der Waals surface area contributed by atoms with Gasteiger partial charge in [0.1, 0.15) is 0 Å². The van der Waals surface area contributed by atoms with Crippen molar-refractivity contribution in [2.45, 2.75) is 46.5 Å². The molecule has 0 aromatic rings. The minimum Gasteiger partial charge on any atom is -0.396 e. The molecule has 1 saturated heterocycles. The van der Waals surface area contributed by atoms with Crippen molar-refractivity contribution < 1.29 is 9.90 Å². The lowest BCUT2D eigenvalue weighted by molar-refractivity contribution is 0.169. The van der Waals surface area contributed by atoms with Gasteiger partial charge in [0, 0.05) is 26.2 Å². The van der Waals surface area contributed by atoms with E-state index in [4.69, 9.17) is 5.11 Å². The molecule has 1 atom stereocenters. The lowest BCUT2D eigenvalue weighted by atomic mass is 9.94. The van der Waals surface area contributed by atoms with Crippen molar-refractivity contribution in [2.24, 2.45) is 17.8 Å². The molecule has 2 amide bonds. The highest BCUT2D eigenvalue weighted by atomic mass is 16.3. The van der Waals surface area contributed by atoms with Crippen LogP contribution in [-0.2, 0) is 0 Å². The van der Waals surface area contributed by atoms with E-state index in [9.17, 15) is 4.79 Å². The predicted octanol–water partition coefficient (Wildman–Crippen LogP) is 2.47. The van der Waals surface area contributed by atoms with E-state index in [1.165, 1.54) is 0 Å². The van der Waals surface area contributed by atoms with Crippen LogP contribution in [-0.4, -0.2) is 42.3 Å². The van der Waals surface area contributed by atoms with Crippen LogP contribution in [0.4, 0.5) is 4.79 Å². The SMILES string of the molecule is CC(C)CC(CCO)CNC(=O)N1CCC(C)CC1. The molecule has 112 valence electrons. The Morgan fingerprint density at radius 2 is 2.00 bits per heavy atom. The number of hydrogen-bond acceptors (Lipinski definition) is 2. The molecular weight excluding hydrogens is 240 g/mol. The normalized spacial score (nSPS) is 18.7. The number of nitrogens with zero attached hydrogens (tertiary/aromatic N) is 1. The Kier molecular flexibility index (Phi) is 7.21. The fourth-order valence-corrected chi connectivity index (χ4v) is 2.71. The Labute approximate surface area is 117 Å². The summed E-state index contributed by atoms with van der Waals surface area (Å²) in [5.41, 5.74) is 0. The molecule has 1 fully saturated rings. The minimum atomic E-state index is 0.0681. The molecule has 1 aliphatic heterocycles. The maximum Gasteiger partial charge on any atom is 0.317 e. The van der Waals surface area contributed by atoms with Crippen LogP contribution < -0.4 is 5.32 Å². The molecule has 4 nitrogen and oxygen atoms in total. The average molecular weight is 270 g/mol. The zero-order valence-corrected chi connectivity index (χ0v) is 12.7. The Balaban J connectivity index is 2.30. The van der Waals surface area contributed by atoms with Crippen LogP contribution in [0, 0.1) is 17.8 Å². The highest BCUT2D eigenvalue weighted by Gasteiger charge is 2.20. The molecule has 1 unspecified atom stereocenters. The zero-order chi connectivity index (χ0) is 14.3. The largest absolute Gasteiger partial charge is 0.396 e. The van der Waals surface area contributed by atoms with Gasteiger partial charge in [-0.3, -0.25) is 0 Å². The number of hydrogen-bond donors (Lipinski definition) is 2. The predicted molar refractivity (Wildman–Crippen MR) is 78.0 cm³/mol. The Hall–Kier alpha value is -0.770. The molecule has 0 aromatic carbocycles. The Morgan fingerprint density at radius 1 is 1.37 bits per heavy atom. The van der Waals surface area contributed by atoms with Crippen molar-refractivity contribution in [2.75, 3.05) is 26.2 Å². The maximum absolute atomic E-state index is 12.1. The smallest absolute Gasteiger partial charge is 0.317 e. The van der Waals surface area contributed by atoms with Gasteiger partial charge < -0.3 is 15.3 Å². The van der Waals surface area contributed by atoms with Crippen LogP contribution in [0.3, 0.4) is 0 Å². The molecule has 0 bridgehead atoms. The molecule has 2 N–H and O–H groups in total. The van der Waals surface area contributed by atoms with E-state index in [1.807, 2.05) is 4.90 Å². The molecule has 4 heteroatoms. The number of urea groups is 1. The Morgan fingerprint density at radius 3 is 2.53 bits per heavy atom. The van der Waals surface area contributed by atoms with E-state index in [-0.39, 0.29) is 12.6 Å². The van der Waals surface area contributed by atoms with Crippen LogP contribution in [0.5, 0.6) is 0 Å². The molecule has 0 aromatic heterocycles. The van der Waals surface area contributed by atoms with Crippen molar-refractivity contribution in [3.63, 3.8) is 0 Å². The molecular formula is C15H30N2O2. The number of aliphatic hydroxyl groups is 1. The van der Waals surface area contributed by atoms with Crippen LogP contribution in [0.1, 0.15) is 46.5 Å². The number of piperidine rings is 1. The first-order chi connectivity index (χ1) is 9.02. The molecule has 1 aliphatic rings. The highest BCUT2D eigenvalue weighted by molar-refractivity contribution is 5.74. The number of likely N-dealkylation sites (tertiary alicyclic amines) is 1. The van der Waals surface area contributed by atoms with Gasteiger partial charge in [0.2, 0.25) is 0 Å². The summed E-state index contributed by atoms with van der Waals surface area (Å²) < 4.78 is 0. The summed E-state index contributed by atoms with van der Waals surface area (Å²) in [5, 5.41) is 12.1. The van der Waals surface area contributed by atoms with Gasteiger partial charge in [-0.15, -0.1) is 0 Å². The lowest BCUT2D eigenvalue weighted by Crippen LogP contribution is -2.45. The second-order valence-electron chi connectivity index (χ2n) is 6.36. The number of carbonyl (C=O) groups excluding carboxylic acids is 1. The topological polar surface area (TPSA) is 52.6 Å². The summed E-state index contributed by atoms with van der Waals surface area (Å²) in [6.07, 6.45) is 4.05. The van der Waals surface area contributed by atoms with Gasteiger partial charge in [-0.05, 0) is 43.4 Å². The molecule has 0 radical (unpaired) electrons. The fraction of sp³-hybridized carbons (Fsp3) is 0.933. The number of amides is 2. The maximum atomic E-state index is 12.1. The van der Waals surface area contributed by atoms with Crippen LogP contribution in [0.2, 0.25) is 0 Å². The van der Waals surface area contributed by atoms with Crippen LogP contribution in [0.15, 0.2) is 0 Å². The Bertz CT molecular complexity index is 261. The third-order valence-electron chi connectivity index (χ3n) is 3.95. The van der Waals surface area contributed by atoms with E-state index in [1.54, 1.807) is 0 Å². The fourth-order valence-electron chi connectivity index (χ4n) is 2.71. The van der Waals surface area contributed by atoms with Crippen molar-refractivity contribution in [1.29, 1.82) is 0 Å². The van der Waals surface area contributed by atoms with E-state index in [0.29, 0.717) is 18.4 Å². The van der Waals surface area contributed by atoms with E-state index in [0.717, 1.165) is 44.7 Å². The molecule has 0 aliphatic carbocycles. The highest BCUT2D eigenvalue weighted by Crippen LogP contribution is 2.17. The average Bonchev–Trinajstić information content (AvgIpc) is 2.36. The van der Waals surface area contributed by atoms with Crippen molar-refractivity contribution in [3.8, 4) is 0 Å². The molecule has 1 rings (SSSR count). The van der Waals surface area contributed by atoms with Crippen molar-refractivity contribution in [1.82, 2.24) is 10.2 Å². The van der Waals surface area contributed by atoms with Crippen molar-refractivity contribution >= 4 is 6.03 Å². The minimum absolute atomic E-state index is 0.0681. The van der Waals surface area contributed by atoms with Crippen LogP contribution in [0.25, 0.3) is 0 Å². The summed E-state index contributed by atoms with van der Waals surface area (Å²) >= 11 is 0. The number of rotatable bonds is 6. The van der Waals surface area contributed by atoms with E-state index >= 15 is 0 Å². The summed E-state index contributed by atoms with van der Waals surface area (Å²) in [6.45, 7) is 9.24. The third-order valence-corrected chi connectivity index (χ3v) is 3.95. The third kappa shape index (κ3) is 6.28. The number of nitrogens with one attached hydrogen (secondary N) is 1. The van der Waals surface area contributed by atoms with E-state index in [2.05, 4.69) is 26.1 Å². The number of aliphatic hydroxyl groups excluding tert-OH is 1. The first kappa shape index (κ1) is 16.3. The second kappa shape index (κ2) is 8.41. The van der Waals surface area contributed by atoms with Gasteiger partial charge in [-0.1, -0.05) is 20.8 Å². The molecule has 19 heavy (non-hydrogen) atoms. The lowest BCUT2D eigenvalue weighted by Gasteiger charge is -2.31. The van der Waals surface area contributed by atoms with Gasteiger partial charge in [0.15, 0.2) is 0 Å². The first-order valence-electron chi connectivity index (χ1n) is 7.66. The van der Waals surface area contributed by atoms with Gasteiger partial charge in [-0.2, -0.15) is 0 Å². The van der Waals surface area contributed by atoms with Gasteiger partial charge in [0.25, 0.3) is 0 Å². The summed E-state index contributed by atoms with van der Waals surface area (Å²) in [7, 11) is 0. The summed E-state index contributed by atoms with van der Waals surface area (Å²) in [5.74, 6) is 1.73. The molecule has 0 spiro atoms. The van der Waals surface area contributed by atoms with Crippen LogP contribution >= 0.6 is 0 Å². The van der Waals surface area contributed by atoms with Gasteiger partial charge >= 0.3 is 6.03 Å². The summed E-state index contributed by atoms with van der Waals surface area (Å²) in [6, 6.07) is 0.0681. The molecule has 1 heterocycles. The van der Waals surface area contributed by atoms with E-state index < -0.39 is 0 Å². The number of carbonyl (C=O) groups is 1. The standard InChI is InChI=1S/C15H30N2O2/c1-12(2)10-14(6-9-18)11-16-15(19)17-7-4-13(3)5-8-17/h12-14,18H,4-11H2,1-3H3,(H,16,19). The van der Waals surface area contributed by atoms with Gasteiger partial charge in [-0.25, -0.2) is 4.79 Å². The summed E-state index contributed by atoms with van der Waals surface area (Å²) in [4.78, 5) is 14.0. The quantitative estimate of drug-likeness (QED) is 0.779.